The number of thiophene rings is 1. The number of rotatable bonds is 9. The second-order valence-electron chi connectivity index (χ2n) is 5.79. The predicted octanol–water partition coefficient (Wildman–Crippen LogP) is 3.76. The summed E-state index contributed by atoms with van der Waals surface area (Å²) < 4.78 is 11.1. The van der Waals surface area contributed by atoms with Gasteiger partial charge in [0, 0.05) is 6.07 Å². The molecule has 3 aromatic rings. The molecule has 0 aliphatic heterocycles. The third kappa shape index (κ3) is 6.43. The lowest BCUT2D eigenvalue weighted by molar-refractivity contribution is -0.384. The molecule has 0 saturated carbocycles. The highest BCUT2D eigenvalue weighted by molar-refractivity contribution is 7.12. The largest absolute Gasteiger partial charge is 0.489 e. The Labute approximate surface area is 170 Å². The van der Waals surface area contributed by atoms with Crippen LogP contribution in [-0.4, -0.2) is 23.7 Å². The van der Waals surface area contributed by atoms with Crippen molar-refractivity contribution in [2.24, 2.45) is 5.10 Å². The monoisotopic (exact) mass is 411 g/mol. The topological polar surface area (TPSA) is 103 Å². The zero-order valence-electron chi connectivity index (χ0n) is 15.2. The highest BCUT2D eigenvalue weighted by Crippen LogP contribution is 2.20. The fourth-order valence-electron chi connectivity index (χ4n) is 2.23. The first-order valence-electron chi connectivity index (χ1n) is 8.54. The van der Waals surface area contributed by atoms with Crippen molar-refractivity contribution >= 4 is 29.1 Å². The van der Waals surface area contributed by atoms with Gasteiger partial charge >= 0.3 is 0 Å². The molecule has 0 bridgehead atoms. The molecule has 148 valence electrons. The average molecular weight is 411 g/mol. The minimum atomic E-state index is -0.488. The molecule has 1 N–H and O–H groups in total. The second-order valence-corrected chi connectivity index (χ2v) is 6.73. The van der Waals surface area contributed by atoms with Crippen molar-refractivity contribution in [1.82, 2.24) is 5.43 Å². The number of nitrogens with zero attached hydrogens (tertiary/aromatic N) is 2. The van der Waals surface area contributed by atoms with Gasteiger partial charge in [-0.15, -0.1) is 11.3 Å². The molecule has 0 unspecified atom stereocenters. The van der Waals surface area contributed by atoms with E-state index in [0.717, 1.165) is 16.9 Å². The number of carbonyl (C=O) groups excluding carboxylic acids is 1. The van der Waals surface area contributed by atoms with Gasteiger partial charge in [0.1, 0.15) is 18.1 Å². The lowest BCUT2D eigenvalue weighted by atomic mass is 10.2. The number of benzene rings is 2. The summed E-state index contributed by atoms with van der Waals surface area (Å²) in [5.74, 6) is 0.766. The van der Waals surface area contributed by atoms with E-state index in [9.17, 15) is 14.9 Å². The van der Waals surface area contributed by atoms with Crippen molar-refractivity contribution in [3.63, 3.8) is 0 Å². The Bertz CT molecular complexity index is 987. The van der Waals surface area contributed by atoms with Crippen LogP contribution < -0.4 is 14.9 Å². The van der Waals surface area contributed by atoms with E-state index in [4.69, 9.17) is 9.47 Å². The maximum absolute atomic E-state index is 11.8. The van der Waals surface area contributed by atoms with Crippen molar-refractivity contribution < 1.29 is 19.2 Å². The molecule has 1 amide bonds. The van der Waals surface area contributed by atoms with Gasteiger partial charge in [0.15, 0.2) is 6.61 Å². The molecule has 3 rings (SSSR count). The zero-order valence-corrected chi connectivity index (χ0v) is 16.0. The van der Waals surface area contributed by atoms with Crippen LogP contribution >= 0.6 is 11.3 Å². The molecular weight excluding hydrogens is 394 g/mol. The van der Waals surface area contributed by atoms with E-state index in [0.29, 0.717) is 23.0 Å². The van der Waals surface area contributed by atoms with E-state index in [2.05, 4.69) is 10.5 Å². The molecular formula is C20H17N3O5S. The van der Waals surface area contributed by atoms with Gasteiger partial charge in [-0.1, -0.05) is 30.3 Å². The van der Waals surface area contributed by atoms with Gasteiger partial charge in [0.25, 0.3) is 11.6 Å². The SMILES string of the molecule is O=C(COc1ccc(OCc2ccccc2)cc1)N/N=C/c1cc([N+](=O)[O-])cs1. The van der Waals surface area contributed by atoms with E-state index in [1.165, 1.54) is 17.7 Å². The van der Waals surface area contributed by atoms with Gasteiger partial charge in [-0.25, -0.2) is 5.43 Å². The maximum Gasteiger partial charge on any atom is 0.280 e. The van der Waals surface area contributed by atoms with Crippen LogP contribution in [0.4, 0.5) is 5.69 Å². The molecule has 0 radical (unpaired) electrons. The quantitative estimate of drug-likeness (QED) is 0.328. The van der Waals surface area contributed by atoms with Crippen LogP contribution in [0, 0.1) is 10.1 Å². The molecule has 1 heterocycles. The summed E-state index contributed by atoms with van der Waals surface area (Å²) >= 11 is 1.16. The Kier molecular flexibility index (Phi) is 6.90. The van der Waals surface area contributed by atoms with Crippen molar-refractivity contribution in [2.45, 2.75) is 6.61 Å². The molecule has 1 aromatic heterocycles. The van der Waals surface area contributed by atoms with Crippen molar-refractivity contribution in [1.29, 1.82) is 0 Å². The Morgan fingerprint density at radius 3 is 2.45 bits per heavy atom. The molecule has 0 saturated heterocycles. The van der Waals surface area contributed by atoms with Gasteiger partial charge in [0.05, 0.1) is 21.4 Å². The summed E-state index contributed by atoms with van der Waals surface area (Å²) in [6, 6.07) is 18.1. The highest BCUT2D eigenvalue weighted by atomic mass is 32.1. The van der Waals surface area contributed by atoms with Crippen molar-refractivity contribution in [3.8, 4) is 11.5 Å². The molecule has 8 nitrogen and oxygen atoms in total. The number of nitrogens with one attached hydrogen (secondary N) is 1. The van der Waals surface area contributed by atoms with Gasteiger partial charge in [-0.2, -0.15) is 5.10 Å². The lowest BCUT2D eigenvalue weighted by Crippen LogP contribution is -2.24. The molecule has 0 fully saturated rings. The smallest absolute Gasteiger partial charge is 0.280 e. The van der Waals surface area contributed by atoms with Crippen LogP contribution in [-0.2, 0) is 11.4 Å². The first-order valence-corrected chi connectivity index (χ1v) is 9.42. The molecule has 9 heteroatoms. The number of nitro groups is 1. The van der Waals surface area contributed by atoms with Crippen molar-refractivity contribution in [2.75, 3.05) is 6.61 Å². The van der Waals surface area contributed by atoms with Gasteiger partial charge in [-0.05, 0) is 29.8 Å². The van der Waals surface area contributed by atoms with Crippen LogP contribution in [0.25, 0.3) is 0 Å². The second kappa shape index (κ2) is 10.00. The van der Waals surface area contributed by atoms with Crippen LogP contribution in [0.1, 0.15) is 10.4 Å². The first-order chi connectivity index (χ1) is 14.1. The molecule has 0 aliphatic rings. The molecule has 2 aromatic carbocycles. The molecule has 0 aliphatic carbocycles. The minimum absolute atomic E-state index is 0.0118. The lowest BCUT2D eigenvalue weighted by Gasteiger charge is -2.08. The van der Waals surface area contributed by atoms with E-state index in [1.807, 2.05) is 30.3 Å². The maximum atomic E-state index is 11.8. The standard InChI is InChI=1S/C20H17N3O5S/c24-20(22-21-11-19-10-16(14-29-19)23(25)26)13-28-18-8-6-17(7-9-18)27-12-15-4-2-1-3-5-15/h1-11,14H,12-13H2,(H,22,24)/b21-11+. The summed E-state index contributed by atoms with van der Waals surface area (Å²) in [5.41, 5.74) is 3.37. The number of hydrogen-bond donors (Lipinski definition) is 1. The Balaban J connectivity index is 1.40. The summed E-state index contributed by atoms with van der Waals surface area (Å²) in [6.45, 7) is 0.251. The first kappa shape index (κ1) is 20.0. The zero-order chi connectivity index (χ0) is 20.5. The van der Waals surface area contributed by atoms with Gasteiger partial charge in [-0.3, -0.25) is 14.9 Å². The Morgan fingerprint density at radius 2 is 1.79 bits per heavy atom. The Hall–Kier alpha value is -3.72. The summed E-state index contributed by atoms with van der Waals surface area (Å²) in [6.07, 6.45) is 1.34. The molecule has 29 heavy (non-hydrogen) atoms. The number of carbonyl (C=O) groups is 1. The van der Waals surface area contributed by atoms with E-state index in [-0.39, 0.29) is 12.3 Å². The van der Waals surface area contributed by atoms with Gasteiger partial charge < -0.3 is 9.47 Å². The fraction of sp³-hybridized carbons (Fsp3) is 0.100. The Morgan fingerprint density at radius 1 is 1.10 bits per heavy atom. The number of ether oxygens (including phenoxy) is 2. The summed E-state index contributed by atoms with van der Waals surface area (Å²) in [7, 11) is 0. The molecule has 0 atom stereocenters. The normalized spacial score (nSPS) is 10.6. The fourth-order valence-corrected chi connectivity index (χ4v) is 2.94. The number of hydrogen-bond acceptors (Lipinski definition) is 7. The minimum Gasteiger partial charge on any atom is -0.489 e. The molecule has 0 spiro atoms. The van der Waals surface area contributed by atoms with Crippen molar-refractivity contribution in [3.05, 3.63) is 86.6 Å². The number of amides is 1. The third-order valence-electron chi connectivity index (χ3n) is 3.64. The predicted molar refractivity (Wildman–Crippen MR) is 109 cm³/mol. The van der Waals surface area contributed by atoms with Crippen LogP contribution in [0.5, 0.6) is 11.5 Å². The average Bonchev–Trinajstić information content (AvgIpc) is 3.22. The summed E-state index contributed by atoms with van der Waals surface area (Å²) in [5, 5.41) is 15.8. The number of hydrazone groups is 1. The van der Waals surface area contributed by atoms with Gasteiger partial charge in [0.2, 0.25) is 0 Å². The van der Waals surface area contributed by atoms with E-state index < -0.39 is 10.8 Å². The highest BCUT2D eigenvalue weighted by Gasteiger charge is 2.08. The van der Waals surface area contributed by atoms with E-state index in [1.54, 1.807) is 24.3 Å². The third-order valence-corrected chi connectivity index (χ3v) is 4.49. The van der Waals surface area contributed by atoms with Crippen LogP contribution in [0.2, 0.25) is 0 Å². The van der Waals surface area contributed by atoms with E-state index >= 15 is 0 Å². The van der Waals surface area contributed by atoms with Crippen LogP contribution in [0.15, 0.2) is 71.1 Å². The summed E-state index contributed by atoms with van der Waals surface area (Å²) in [4.78, 5) is 22.5. The van der Waals surface area contributed by atoms with Crippen LogP contribution in [0.3, 0.4) is 0 Å².